The minimum atomic E-state index is 0.192. The highest BCUT2D eigenvalue weighted by molar-refractivity contribution is 5.97. The number of hydrogen-bond donors (Lipinski definition) is 1. The van der Waals surface area contributed by atoms with Crippen LogP contribution in [0.2, 0.25) is 0 Å². The van der Waals surface area contributed by atoms with Crippen LogP contribution in [0.25, 0.3) is 0 Å². The SMILES string of the molecule is O=C(c1cccc2c1CCCN2)N(Cc1ccccc1)C1CC1. The Morgan fingerprint density at radius 2 is 1.91 bits per heavy atom. The molecule has 0 radical (unpaired) electrons. The maximum atomic E-state index is 13.2. The second-order valence-electron chi connectivity index (χ2n) is 6.51. The van der Waals surface area contributed by atoms with E-state index in [0.717, 1.165) is 43.5 Å². The van der Waals surface area contributed by atoms with E-state index in [2.05, 4.69) is 28.4 Å². The van der Waals surface area contributed by atoms with Crippen molar-refractivity contribution < 1.29 is 4.79 Å². The van der Waals surface area contributed by atoms with Crippen LogP contribution in [0.1, 0.15) is 40.7 Å². The maximum Gasteiger partial charge on any atom is 0.254 e. The van der Waals surface area contributed by atoms with Crippen molar-refractivity contribution in [2.45, 2.75) is 38.3 Å². The van der Waals surface area contributed by atoms with Gasteiger partial charge in [-0.25, -0.2) is 0 Å². The van der Waals surface area contributed by atoms with Gasteiger partial charge in [0.2, 0.25) is 0 Å². The molecule has 2 aromatic rings. The van der Waals surface area contributed by atoms with E-state index in [4.69, 9.17) is 0 Å². The van der Waals surface area contributed by atoms with Gasteiger partial charge in [0.15, 0.2) is 0 Å². The zero-order chi connectivity index (χ0) is 15.6. The number of amides is 1. The van der Waals surface area contributed by atoms with E-state index in [0.29, 0.717) is 12.6 Å². The van der Waals surface area contributed by atoms with Crippen LogP contribution in [0, 0.1) is 0 Å². The van der Waals surface area contributed by atoms with Crippen LogP contribution in [-0.2, 0) is 13.0 Å². The first kappa shape index (κ1) is 14.3. The van der Waals surface area contributed by atoms with Crippen molar-refractivity contribution in [1.29, 1.82) is 0 Å². The average molecular weight is 306 g/mol. The summed E-state index contributed by atoms with van der Waals surface area (Å²) >= 11 is 0. The van der Waals surface area contributed by atoms with E-state index in [1.165, 1.54) is 11.1 Å². The Morgan fingerprint density at radius 3 is 2.70 bits per heavy atom. The summed E-state index contributed by atoms with van der Waals surface area (Å²) in [6, 6.07) is 16.8. The van der Waals surface area contributed by atoms with Crippen LogP contribution < -0.4 is 5.32 Å². The fraction of sp³-hybridized carbons (Fsp3) is 0.350. The Balaban J connectivity index is 1.63. The van der Waals surface area contributed by atoms with Gasteiger partial charge in [0, 0.05) is 30.4 Å². The number of anilines is 1. The second-order valence-corrected chi connectivity index (χ2v) is 6.51. The van der Waals surface area contributed by atoms with Crippen molar-refractivity contribution in [2.24, 2.45) is 0 Å². The van der Waals surface area contributed by atoms with Crippen molar-refractivity contribution in [2.75, 3.05) is 11.9 Å². The van der Waals surface area contributed by atoms with Crippen molar-refractivity contribution in [3.05, 3.63) is 65.2 Å². The molecule has 1 fully saturated rings. The van der Waals surface area contributed by atoms with Crippen LogP contribution in [-0.4, -0.2) is 23.4 Å². The van der Waals surface area contributed by atoms with Crippen LogP contribution in [0.5, 0.6) is 0 Å². The first-order valence-electron chi connectivity index (χ1n) is 8.53. The molecule has 0 unspecified atom stereocenters. The minimum absolute atomic E-state index is 0.192. The summed E-state index contributed by atoms with van der Waals surface area (Å²) in [5.41, 5.74) is 4.42. The second kappa shape index (κ2) is 6.07. The van der Waals surface area contributed by atoms with Gasteiger partial charge in [0.1, 0.15) is 0 Å². The van der Waals surface area contributed by atoms with Gasteiger partial charge in [-0.3, -0.25) is 4.79 Å². The Labute approximate surface area is 137 Å². The lowest BCUT2D eigenvalue weighted by Gasteiger charge is -2.26. The van der Waals surface area contributed by atoms with Crippen LogP contribution >= 0.6 is 0 Å². The maximum absolute atomic E-state index is 13.2. The molecular formula is C20H22N2O. The van der Waals surface area contributed by atoms with Crippen molar-refractivity contribution in [1.82, 2.24) is 4.90 Å². The standard InChI is InChI=1S/C20H22N2O/c23-20(18-8-4-10-19-17(18)9-5-13-21-19)22(16-11-12-16)14-15-6-2-1-3-7-15/h1-4,6-8,10,16,21H,5,9,11-14H2. The average Bonchev–Trinajstić information content (AvgIpc) is 3.44. The third-order valence-electron chi connectivity index (χ3n) is 4.77. The largest absolute Gasteiger partial charge is 0.385 e. The monoisotopic (exact) mass is 306 g/mol. The summed E-state index contributed by atoms with van der Waals surface area (Å²) in [5, 5.41) is 3.42. The topological polar surface area (TPSA) is 32.3 Å². The number of carbonyl (C=O) groups excluding carboxylic acids is 1. The minimum Gasteiger partial charge on any atom is -0.385 e. The third kappa shape index (κ3) is 2.96. The Kier molecular flexibility index (Phi) is 3.78. The van der Waals surface area contributed by atoms with Crippen LogP contribution in [0.15, 0.2) is 48.5 Å². The number of benzene rings is 2. The molecule has 3 nitrogen and oxygen atoms in total. The molecule has 2 aromatic carbocycles. The molecule has 4 rings (SSSR count). The number of carbonyl (C=O) groups is 1. The number of nitrogens with one attached hydrogen (secondary N) is 1. The van der Waals surface area contributed by atoms with Gasteiger partial charge in [-0.1, -0.05) is 36.4 Å². The van der Waals surface area contributed by atoms with E-state index in [-0.39, 0.29) is 5.91 Å². The summed E-state index contributed by atoms with van der Waals surface area (Å²) in [6.07, 6.45) is 4.35. The Bertz CT molecular complexity index is 707. The molecule has 0 spiro atoms. The fourth-order valence-electron chi connectivity index (χ4n) is 3.40. The van der Waals surface area contributed by atoms with Gasteiger partial charge in [-0.15, -0.1) is 0 Å². The lowest BCUT2D eigenvalue weighted by atomic mass is 9.96. The molecule has 1 amide bonds. The van der Waals surface area contributed by atoms with E-state index in [1.54, 1.807) is 0 Å². The van der Waals surface area contributed by atoms with Crippen LogP contribution in [0.3, 0.4) is 0 Å². The van der Waals surface area contributed by atoms with Gasteiger partial charge in [0.25, 0.3) is 5.91 Å². The molecule has 23 heavy (non-hydrogen) atoms. The molecule has 0 aromatic heterocycles. The highest BCUT2D eigenvalue weighted by atomic mass is 16.2. The molecule has 0 saturated heterocycles. The van der Waals surface area contributed by atoms with Crippen LogP contribution in [0.4, 0.5) is 5.69 Å². The molecule has 1 saturated carbocycles. The number of fused-ring (bicyclic) bond motifs is 1. The van der Waals surface area contributed by atoms with E-state index >= 15 is 0 Å². The van der Waals surface area contributed by atoms with Crippen molar-refractivity contribution >= 4 is 11.6 Å². The summed E-state index contributed by atoms with van der Waals surface area (Å²) in [7, 11) is 0. The van der Waals surface area contributed by atoms with Gasteiger partial charge >= 0.3 is 0 Å². The molecule has 0 bridgehead atoms. The van der Waals surface area contributed by atoms with Gasteiger partial charge in [0.05, 0.1) is 0 Å². The molecule has 3 heteroatoms. The third-order valence-corrected chi connectivity index (χ3v) is 4.77. The molecule has 1 aliphatic heterocycles. The van der Waals surface area contributed by atoms with E-state index in [1.807, 2.05) is 30.3 Å². The Morgan fingerprint density at radius 1 is 1.09 bits per heavy atom. The number of hydrogen-bond acceptors (Lipinski definition) is 2. The fourth-order valence-corrected chi connectivity index (χ4v) is 3.40. The molecule has 2 aliphatic rings. The summed E-state index contributed by atoms with van der Waals surface area (Å²) in [4.78, 5) is 15.3. The molecular weight excluding hydrogens is 284 g/mol. The normalized spacial score (nSPS) is 16.3. The van der Waals surface area contributed by atoms with E-state index in [9.17, 15) is 4.79 Å². The molecule has 1 heterocycles. The molecule has 1 N–H and O–H groups in total. The summed E-state index contributed by atoms with van der Waals surface area (Å²) in [5.74, 6) is 0.192. The zero-order valence-electron chi connectivity index (χ0n) is 13.3. The molecule has 118 valence electrons. The molecule has 0 atom stereocenters. The predicted octanol–water partition coefficient (Wildman–Crippen LogP) is 3.85. The number of nitrogens with zero attached hydrogens (tertiary/aromatic N) is 1. The smallest absolute Gasteiger partial charge is 0.254 e. The van der Waals surface area contributed by atoms with Crippen molar-refractivity contribution in [3.63, 3.8) is 0 Å². The first-order valence-corrected chi connectivity index (χ1v) is 8.53. The van der Waals surface area contributed by atoms with E-state index < -0.39 is 0 Å². The predicted molar refractivity (Wildman–Crippen MR) is 92.6 cm³/mol. The van der Waals surface area contributed by atoms with Gasteiger partial charge in [-0.2, -0.15) is 0 Å². The highest BCUT2D eigenvalue weighted by Gasteiger charge is 2.34. The molecule has 1 aliphatic carbocycles. The van der Waals surface area contributed by atoms with Crippen molar-refractivity contribution in [3.8, 4) is 0 Å². The number of rotatable bonds is 4. The zero-order valence-corrected chi connectivity index (χ0v) is 13.3. The highest BCUT2D eigenvalue weighted by Crippen LogP contribution is 2.32. The van der Waals surface area contributed by atoms with Gasteiger partial charge in [-0.05, 0) is 48.9 Å². The first-order chi connectivity index (χ1) is 11.3. The lowest BCUT2D eigenvalue weighted by molar-refractivity contribution is 0.0728. The Hall–Kier alpha value is -2.29. The quantitative estimate of drug-likeness (QED) is 0.930. The lowest BCUT2D eigenvalue weighted by Crippen LogP contribution is -2.33. The summed E-state index contributed by atoms with van der Waals surface area (Å²) < 4.78 is 0. The van der Waals surface area contributed by atoms with Gasteiger partial charge < -0.3 is 10.2 Å². The summed E-state index contributed by atoms with van der Waals surface area (Å²) in [6.45, 7) is 1.71.